The third-order valence-electron chi connectivity index (χ3n) is 3.77. The van der Waals surface area contributed by atoms with Gasteiger partial charge in [0.05, 0.1) is 0 Å². The largest absolute Gasteiger partial charge is 0.489 e. The normalized spacial score (nSPS) is 10.4. The molecule has 0 bridgehead atoms. The second-order valence-corrected chi connectivity index (χ2v) is 5.32. The zero-order valence-corrected chi connectivity index (χ0v) is 12.6. The molecule has 2 heteroatoms. The third-order valence-corrected chi connectivity index (χ3v) is 3.77. The molecule has 0 aromatic heterocycles. The molecule has 3 aromatic rings. The summed E-state index contributed by atoms with van der Waals surface area (Å²) >= 11 is 0. The highest BCUT2D eigenvalue weighted by atomic mass is 16.5. The molecule has 3 aromatic carbocycles. The van der Waals surface area contributed by atoms with Crippen molar-refractivity contribution in [1.82, 2.24) is 0 Å². The molecule has 3 rings (SSSR count). The first kappa shape index (κ1) is 14.2. The van der Waals surface area contributed by atoms with Gasteiger partial charge in [-0.05, 0) is 47.4 Å². The number of benzene rings is 3. The van der Waals surface area contributed by atoms with Crippen LogP contribution in [0.2, 0.25) is 0 Å². The van der Waals surface area contributed by atoms with Gasteiger partial charge in [-0.3, -0.25) is 0 Å². The van der Waals surface area contributed by atoms with Gasteiger partial charge >= 0.3 is 0 Å². The summed E-state index contributed by atoms with van der Waals surface area (Å²) < 4.78 is 5.89. The van der Waals surface area contributed by atoms with Crippen molar-refractivity contribution in [2.24, 2.45) is 0 Å². The number of nitrogen functional groups attached to an aromatic ring is 1. The highest BCUT2D eigenvalue weighted by Crippen LogP contribution is 2.29. The van der Waals surface area contributed by atoms with Crippen LogP contribution in [0.15, 0.2) is 72.8 Å². The maximum absolute atomic E-state index is 6.00. The van der Waals surface area contributed by atoms with Crippen LogP contribution in [0.3, 0.4) is 0 Å². The Morgan fingerprint density at radius 2 is 1.64 bits per heavy atom. The molecule has 0 heterocycles. The van der Waals surface area contributed by atoms with E-state index in [0.29, 0.717) is 6.61 Å². The zero-order chi connectivity index (χ0) is 15.4. The Morgan fingerprint density at radius 3 is 2.45 bits per heavy atom. The van der Waals surface area contributed by atoms with Gasteiger partial charge in [0.25, 0.3) is 0 Å². The van der Waals surface area contributed by atoms with Crippen molar-refractivity contribution in [2.45, 2.75) is 13.5 Å². The molecule has 0 radical (unpaired) electrons. The van der Waals surface area contributed by atoms with E-state index in [4.69, 9.17) is 10.5 Å². The lowest BCUT2D eigenvalue weighted by atomic mass is 9.99. The molecular weight excluding hydrogens is 270 g/mol. The molecule has 2 nitrogen and oxygen atoms in total. The summed E-state index contributed by atoms with van der Waals surface area (Å²) in [5, 5.41) is 0. The monoisotopic (exact) mass is 289 g/mol. The van der Waals surface area contributed by atoms with Gasteiger partial charge in [-0.25, -0.2) is 0 Å². The highest BCUT2D eigenvalue weighted by molar-refractivity contribution is 5.73. The molecule has 0 spiro atoms. The van der Waals surface area contributed by atoms with E-state index in [2.05, 4.69) is 30.3 Å². The minimum absolute atomic E-state index is 0.570. The van der Waals surface area contributed by atoms with Crippen molar-refractivity contribution >= 4 is 5.69 Å². The van der Waals surface area contributed by atoms with E-state index in [0.717, 1.165) is 33.7 Å². The van der Waals surface area contributed by atoms with E-state index in [1.807, 2.05) is 49.4 Å². The number of nitrogens with two attached hydrogens (primary N) is 1. The summed E-state index contributed by atoms with van der Waals surface area (Å²) in [6.07, 6.45) is 0. The van der Waals surface area contributed by atoms with Crippen LogP contribution < -0.4 is 10.5 Å². The number of rotatable bonds is 4. The number of hydrogen-bond donors (Lipinski definition) is 1. The van der Waals surface area contributed by atoms with Crippen molar-refractivity contribution in [2.75, 3.05) is 5.73 Å². The molecule has 0 aliphatic carbocycles. The summed E-state index contributed by atoms with van der Waals surface area (Å²) in [6.45, 7) is 2.61. The van der Waals surface area contributed by atoms with Crippen LogP contribution in [0, 0.1) is 6.92 Å². The van der Waals surface area contributed by atoms with Crippen molar-refractivity contribution in [3.8, 4) is 16.9 Å². The van der Waals surface area contributed by atoms with E-state index in [9.17, 15) is 0 Å². The van der Waals surface area contributed by atoms with Crippen molar-refractivity contribution in [3.63, 3.8) is 0 Å². The summed E-state index contributed by atoms with van der Waals surface area (Å²) in [7, 11) is 0. The smallest absolute Gasteiger partial charge is 0.120 e. The third kappa shape index (κ3) is 3.12. The summed E-state index contributed by atoms with van der Waals surface area (Å²) in [5.41, 5.74) is 11.3. The molecule has 0 atom stereocenters. The van der Waals surface area contributed by atoms with Crippen molar-refractivity contribution in [3.05, 3.63) is 83.9 Å². The van der Waals surface area contributed by atoms with Crippen LogP contribution >= 0.6 is 0 Å². The number of ether oxygens (including phenoxy) is 1. The average molecular weight is 289 g/mol. The molecule has 22 heavy (non-hydrogen) atoms. The van der Waals surface area contributed by atoms with Crippen LogP contribution in [0.1, 0.15) is 11.1 Å². The van der Waals surface area contributed by atoms with Gasteiger partial charge in [-0.15, -0.1) is 0 Å². The second-order valence-electron chi connectivity index (χ2n) is 5.32. The van der Waals surface area contributed by atoms with Crippen molar-refractivity contribution in [1.29, 1.82) is 0 Å². The summed E-state index contributed by atoms with van der Waals surface area (Å²) in [5.74, 6) is 0.864. The number of hydrogen-bond acceptors (Lipinski definition) is 2. The lowest BCUT2D eigenvalue weighted by Crippen LogP contribution is -1.96. The Bertz CT molecular complexity index is 766. The molecule has 2 N–H and O–H groups in total. The van der Waals surface area contributed by atoms with Crippen LogP contribution in [-0.4, -0.2) is 0 Å². The maximum atomic E-state index is 6.00. The second kappa shape index (κ2) is 6.35. The molecule has 0 aliphatic rings. The lowest BCUT2D eigenvalue weighted by molar-refractivity contribution is 0.306. The van der Waals surface area contributed by atoms with Gasteiger partial charge in [0.1, 0.15) is 12.4 Å². The van der Waals surface area contributed by atoms with Crippen LogP contribution in [0.5, 0.6) is 5.75 Å². The molecule has 0 saturated carbocycles. The van der Waals surface area contributed by atoms with E-state index in [-0.39, 0.29) is 0 Å². The fraction of sp³-hybridized carbons (Fsp3) is 0.100. The fourth-order valence-corrected chi connectivity index (χ4v) is 2.46. The van der Waals surface area contributed by atoms with Gasteiger partial charge in [0.2, 0.25) is 0 Å². The molecule has 0 saturated heterocycles. The van der Waals surface area contributed by atoms with Crippen molar-refractivity contribution < 1.29 is 4.74 Å². The van der Waals surface area contributed by atoms with E-state index >= 15 is 0 Å². The standard InChI is InChI=1S/C20H19NO/c1-15-19(11-6-12-20(15)21)17-9-5-10-18(13-17)22-14-16-7-3-2-4-8-16/h2-13H,14,21H2,1H3. The minimum atomic E-state index is 0.570. The molecule has 0 amide bonds. The molecule has 0 unspecified atom stereocenters. The highest BCUT2D eigenvalue weighted by Gasteiger charge is 2.05. The van der Waals surface area contributed by atoms with Gasteiger partial charge in [-0.1, -0.05) is 54.6 Å². The van der Waals surface area contributed by atoms with Gasteiger partial charge in [-0.2, -0.15) is 0 Å². The fourth-order valence-electron chi connectivity index (χ4n) is 2.46. The Kier molecular flexibility index (Phi) is 4.10. The Labute approximate surface area is 131 Å². The lowest BCUT2D eigenvalue weighted by Gasteiger charge is -2.11. The predicted molar refractivity (Wildman–Crippen MR) is 91.8 cm³/mol. The first-order valence-electron chi connectivity index (χ1n) is 7.36. The molecule has 0 aliphatic heterocycles. The maximum Gasteiger partial charge on any atom is 0.120 e. The Balaban J connectivity index is 1.82. The summed E-state index contributed by atoms with van der Waals surface area (Å²) in [4.78, 5) is 0. The first-order chi connectivity index (χ1) is 10.7. The van der Waals surface area contributed by atoms with Crippen LogP contribution in [0.4, 0.5) is 5.69 Å². The topological polar surface area (TPSA) is 35.2 Å². The van der Waals surface area contributed by atoms with Crippen LogP contribution in [-0.2, 0) is 6.61 Å². The van der Waals surface area contributed by atoms with Crippen LogP contribution in [0.25, 0.3) is 11.1 Å². The van der Waals surface area contributed by atoms with Gasteiger partial charge < -0.3 is 10.5 Å². The Hall–Kier alpha value is -2.74. The van der Waals surface area contributed by atoms with E-state index in [1.165, 1.54) is 0 Å². The number of anilines is 1. The molecule has 110 valence electrons. The molecule has 0 fully saturated rings. The zero-order valence-electron chi connectivity index (χ0n) is 12.6. The predicted octanol–water partition coefficient (Wildman–Crippen LogP) is 4.82. The molecular formula is C20H19NO. The average Bonchev–Trinajstić information content (AvgIpc) is 2.57. The quantitative estimate of drug-likeness (QED) is 0.699. The minimum Gasteiger partial charge on any atom is -0.489 e. The summed E-state index contributed by atoms with van der Waals surface area (Å²) in [6, 6.07) is 24.3. The first-order valence-corrected chi connectivity index (χ1v) is 7.36. The van der Waals surface area contributed by atoms with E-state index in [1.54, 1.807) is 0 Å². The SMILES string of the molecule is Cc1c(N)cccc1-c1cccc(OCc2ccccc2)c1. The van der Waals surface area contributed by atoms with E-state index < -0.39 is 0 Å². The van der Waals surface area contributed by atoms with Gasteiger partial charge in [0, 0.05) is 5.69 Å². The van der Waals surface area contributed by atoms with Gasteiger partial charge in [0.15, 0.2) is 0 Å². The Morgan fingerprint density at radius 1 is 0.864 bits per heavy atom.